The number of furan rings is 1. The van der Waals surface area contributed by atoms with E-state index in [1.54, 1.807) is 30.3 Å². The third-order valence-electron chi connectivity index (χ3n) is 5.62. The molecule has 0 aliphatic heterocycles. The molecule has 0 saturated heterocycles. The van der Waals surface area contributed by atoms with E-state index in [1.807, 2.05) is 36.4 Å². The van der Waals surface area contributed by atoms with Crippen molar-refractivity contribution in [1.29, 1.82) is 0 Å². The average molecular weight is 562 g/mol. The number of carboxylic acids is 1. The standard InChI is InChI=1S/C27H20BrN3O6/c1-15(27(33)34)36-24-19(28)11-16(12-22(24)35-2)14-29-31-25(23-13-17-7-3-6-10-21(17)37-23)30-20-9-5-4-8-18(20)26(31)32/h3-15H,1-2H3,(H,33,34)/t15-/m1/s1. The van der Waals surface area contributed by atoms with E-state index in [-0.39, 0.29) is 17.1 Å². The highest BCUT2D eigenvalue weighted by atomic mass is 79.9. The van der Waals surface area contributed by atoms with Gasteiger partial charge in [-0.15, -0.1) is 0 Å². The van der Waals surface area contributed by atoms with Crippen molar-refractivity contribution in [2.24, 2.45) is 5.10 Å². The third-order valence-corrected chi connectivity index (χ3v) is 6.21. The lowest BCUT2D eigenvalue weighted by atomic mass is 10.2. The van der Waals surface area contributed by atoms with Gasteiger partial charge in [-0.1, -0.05) is 30.3 Å². The molecule has 0 saturated carbocycles. The zero-order valence-electron chi connectivity index (χ0n) is 19.7. The summed E-state index contributed by atoms with van der Waals surface area (Å²) in [6.45, 7) is 1.42. The van der Waals surface area contributed by atoms with Crippen molar-refractivity contribution in [3.05, 3.63) is 87.1 Å². The highest BCUT2D eigenvalue weighted by Gasteiger charge is 2.19. The van der Waals surface area contributed by atoms with Crippen molar-refractivity contribution in [1.82, 2.24) is 9.66 Å². The number of fused-ring (bicyclic) bond motifs is 2. The normalized spacial score (nSPS) is 12.3. The molecule has 0 aliphatic rings. The van der Waals surface area contributed by atoms with E-state index in [9.17, 15) is 14.7 Å². The monoisotopic (exact) mass is 561 g/mol. The number of rotatable bonds is 7. The minimum absolute atomic E-state index is 0.238. The maximum atomic E-state index is 13.4. The molecule has 0 amide bonds. The zero-order chi connectivity index (χ0) is 26.1. The molecule has 2 aromatic heterocycles. The number of ether oxygens (including phenoxy) is 2. The summed E-state index contributed by atoms with van der Waals surface area (Å²) < 4.78 is 18.6. The highest BCUT2D eigenvalue weighted by Crippen LogP contribution is 2.37. The minimum atomic E-state index is -1.11. The number of methoxy groups -OCH3 is 1. The molecule has 1 N–H and O–H groups in total. The molecule has 0 bridgehead atoms. The number of benzene rings is 3. The lowest BCUT2D eigenvalue weighted by molar-refractivity contribution is -0.144. The largest absolute Gasteiger partial charge is 0.493 e. The first-order valence-electron chi connectivity index (χ1n) is 11.2. The maximum Gasteiger partial charge on any atom is 0.344 e. The SMILES string of the molecule is COc1cc(C=Nn2c(-c3cc4ccccc4o3)nc3ccccc3c2=O)cc(Br)c1O[C@H](C)C(=O)O. The van der Waals surface area contributed by atoms with Crippen LogP contribution in [0.3, 0.4) is 0 Å². The summed E-state index contributed by atoms with van der Waals surface area (Å²) in [4.78, 5) is 29.3. The molecule has 37 heavy (non-hydrogen) atoms. The Morgan fingerprint density at radius 1 is 1.16 bits per heavy atom. The highest BCUT2D eigenvalue weighted by molar-refractivity contribution is 9.10. The molecule has 0 radical (unpaired) electrons. The topological polar surface area (TPSA) is 116 Å². The van der Waals surface area contributed by atoms with Crippen molar-refractivity contribution in [2.75, 3.05) is 7.11 Å². The van der Waals surface area contributed by atoms with E-state index in [1.165, 1.54) is 24.9 Å². The molecule has 5 aromatic rings. The van der Waals surface area contributed by atoms with Crippen molar-refractivity contribution < 1.29 is 23.8 Å². The van der Waals surface area contributed by atoms with Crippen LogP contribution in [0.5, 0.6) is 11.5 Å². The maximum absolute atomic E-state index is 13.4. The van der Waals surface area contributed by atoms with Crippen LogP contribution in [-0.2, 0) is 4.79 Å². The first-order chi connectivity index (χ1) is 17.9. The van der Waals surface area contributed by atoms with Crippen LogP contribution in [0.4, 0.5) is 0 Å². The second-order valence-corrected chi connectivity index (χ2v) is 8.95. The third kappa shape index (κ3) is 4.70. The molecule has 0 unspecified atom stereocenters. The van der Waals surface area contributed by atoms with Crippen molar-refractivity contribution >= 4 is 50.0 Å². The van der Waals surface area contributed by atoms with Crippen LogP contribution in [0.25, 0.3) is 33.5 Å². The average Bonchev–Trinajstić information content (AvgIpc) is 3.33. The molecule has 0 aliphatic carbocycles. The fraction of sp³-hybridized carbons (Fsp3) is 0.111. The summed E-state index contributed by atoms with van der Waals surface area (Å²) in [7, 11) is 1.44. The van der Waals surface area contributed by atoms with Gasteiger partial charge in [0.2, 0.25) is 5.82 Å². The van der Waals surface area contributed by atoms with Crippen molar-refractivity contribution in [3.63, 3.8) is 0 Å². The molecule has 186 valence electrons. The van der Waals surface area contributed by atoms with Gasteiger partial charge in [-0.05, 0) is 64.8 Å². The predicted octanol–water partition coefficient (Wildman–Crippen LogP) is 5.31. The molecule has 1 atom stereocenters. The Bertz CT molecular complexity index is 1710. The summed E-state index contributed by atoms with van der Waals surface area (Å²) in [6, 6.07) is 19.6. The Balaban J connectivity index is 1.62. The summed E-state index contributed by atoms with van der Waals surface area (Å²) >= 11 is 3.40. The van der Waals surface area contributed by atoms with Crippen LogP contribution in [0.1, 0.15) is 12.5 Å². The van der Waals surface area contributed by atoms with Crippen LogP contribution in [0.15, 0.2) is 85.5 Å². The van der Waals surface area contributed by atoms with Crippen LogP contribution in [0.2, 0.25) is 0 Å². The summed E-state index contributed by atoms with van der Waals surface area (Å²) in [6.07, 6.45) is 0.389. The van der Waals surface area contributed by atoms with Gasteiger partial charge in [0.15, 0.2) is 23.4 Å². The number of para-hydroxylation sites is 2. The number of carboxylic acid groups (broad SMARTS) is 1. The number of halogens is 1. The Hall–Kier alpha value is -4.44. The molecule has 0 fully saturated rings. The number of hydrogen-bond acceptors (Lipinski definition) is 7. The second-order valence-electron chi connectivity index (χ2n) is 8.09. The van der Waals surface area contributed by atoms with Gasteiger partial charge in [0, 0.05) is 5.39 Å². The number of carbonyl (C=O) groups is 1. The van der Waals surface area contributed by atoms with Crippen LogP contribution < -0.4 is 15.0 Å². The smallest absolute Gasteiger partial charge is 0.344 e. The molecular formula is C27H20BrN3O6. The van der Waals surface area contributed by atoms with E-state index in [2.05, 4.69) is 26.0 Å². The lowest BCUT2D eigenvalue weighted by Gasteiger charge is -2.16. The van der Waals surface area contributed by atoms with Gasteiger partial charge in [0.1, 0.15) is 5.58 Å². The van der Waals surface area contributed by atoms with Gasteiger partial charge in [-0.25, -0.2) is 9.78 Å². The van der Waals surface area contributed by atoms with E-state index in [0.29, 0.717) is 38.0 Å². The van der Waals surface area contributed by atoms with Crippen molar-refractivity contribution in [2.45, 2.75) is 13.0 Å². The molecule has 9 nitrogen and oxygen atoms in total. The Kier molecular flexibility index (Phi) is 6.49. The van der Waals surface area contributed by atoms with E-state index < -0.39 is 12.1 Å². The van der Waals surface area contributed by atoms with E-state index in [0.717, 1.165) is 5.39 Å². The fourth-order valence-corrected chi connectivity index (χ4v) is 4.32. The van der Waals surface area contributed by atoms with E-state index in [4.69, 9.17) is 13.9 Å². The van der Waals surface area contributed by atoms with E-state index >= 15 is 0 Å². The lowest BCUT2D eigenvalue weighted by Crippen LogP contribution is -2.23. The van der Waals surface area contributed by atoms with Gasteiger partial charge in [0.05, 0.1) is 28.7 Å². The van der Waals surface area contributed by atoms with Crippen molar-refractivity contribution in [3.8, 4) is 23.1 Å². The molecule has 3 aromatic carbocycles. The van der Waals surface area contributed by atoms with Gasteiger partial charge >= 0.3 is 5.97 Å². The second kappa shape index (κ2) is 9.90. The van der Waals surface area contributed by atoms with Crippen LogP contribution in [0, 0.1) is 0 Å². The van der Waals surface area contributed by atoms with Gasteiger partial charge in [-0.3, -0.25) is 4.79 Å². The number of hydrogen-bond donors (Lipinski definition) is 1. The molecule has 0 spiro atoms. The summed E-state index contributed by atoms with van der Waals surface area (Å²) in [5.41, 5.74) is 1.39. The Morgan fingerprint density at radius 3 is 2.68 bits per heavy atom. The first kappa shape index (κ1) is 24.3. The molecular weight excluding hydrogens is 542 g/mol. The molecule has 2 heterocycles. The number of nitrogens with zero attached hydrogens (tertiary/aromatic N) is 3. The molecule has 10 heteroatoms. The van der Waals surface area contributed by atoms with Crippen LogP contribution in [-0.4, -0.2) is 40.2 Å². The Morgan fingerprint density at radius 2 is 1.92 bits per heavy atom. The fourth-order valence-electron chi connectivity index (χ4n) is 3.76. The Labute approximate surface area is 218 Å². The summed E-state index contributed by atoms with van der Waals surface area (Å²) in [5.74, 6) is 0.0668. The number of aliphatic carboxylic acids is 1. The molecule has 5 rings (SSSR count). The predicted molar refractivity (Wildman–Crippen MR) is 143 cm³/mol. The van der Waals surface area contributed by atoms with Gasteiger partial charge in [-0.2, -0.15) is 9.78 Å². The minimum Gasteiger partial charge on any atom is -0.493 e. The quantitative estimate of drug-likeness (QED) is 0.267. The van der Waals surface area contributed by atoms with Gasteiger partial charge in [0.25, 0.3) is 5.56 Å². The zero-order valence-corrected chi connectivity index (χ0v) is 21.3. The summed E-state index contributed by atoms with van der Waals surface area (Å²) in [5, 5.41) is 14.9. The first-order valence-corrected chi connectivity index (χ1v) is 12.0. The van der Waals surface area contributed by atoms with Crippen LogP contribution >= 0.6 is 15.9 Å². The number of aromatic nitrogens is 2. The van der Waals surface area contributed by atoms with Gasteiger partial charge < -0.3 is 19.0 Å².